The number of rotatable bonds is 7. The van der Waals surface area contributed by atoms with Gasteiger partial charge in [0, 0.05) is 12.8 Å². The van der Waals surface area contributed by atoms with Crippen molar-refractivity contribution in [2.45, 2.75) is 57.1 Å². The SMILES string of the molecule is Cc1ccc(S(=O)(=O)N[C@@H]2C[C@H](OC(=O)CCC(C)C)c3ccccc32)cc1. The molecule has 1 aliphatic rings. The molecule has 0 fully saturated rings. The average molecular weight is 402 g/mol. The van der Waals surface area contributed by atoms with Crippen molar-refractivity contribution in [3.05, 3.63) is 65.2 Å². The van der Waals surface area contributed by atoms with Gasteiger partial charge in [-0.05, 0) is 42.5 Å². The topological polar surface area (TPSA) is 72.5 Å². The van der Waals surface area contributed by atoms with Crippen LogP contribution in [-0.2, 0) is 19.6 Å². The van der Waals surface area contributed by atoms with Crippen LogP contribution >= 0.6 is 0 Å². The number of hydrogen-bond donors (Lipinski definition) is 1. The quantitative estimate of drug-likeness (QED) is 0.696. The van der Waals surface area contributed by atoms with Crippen LogP contribution in [-0.4, -0.2) is 14.4 Å². The first kappa shape index (κ1) is 20.6. The Morgan fingerprint density at radius 2 is 1.75 bits per heavy atom. The lowest BCUT2D eigenvalue weighted by Gasteiger charge is -2.16. The van der Waals surface area contributed by atoms with E-state index in [1.54, 1.807) is 24.3 Å². The van der Waals surface area contributed by atoms with Crippen LogP contribution in [0.5, 0.6) is 0 Å². The molecule has 5 nitrogen and oxygen atoms in total. The molecule has 0 heterocycles. The monoisotopic (exact) mass is 401 g/mol. The summed E-state index contributed by atoms with van der Waals surface area (Å²) in [6, 6.07) is 13.9. The molecule has 150 valence electrons. The Labute approximate surface area is 167 Å². The van der Waals surface area contributed by atoms with E-state index < -0.39 is 22.2 Å². The van der Waals surface area contributed by atoms with Crippen LogP contribution in [0.4, 0.5) is 0 Å². The third kappa shape index (κ3) is 4.80. The summed E-state index contributed by atoms with van der Waals surface area (Å²) in [5, 5.41) is 0. The van der Waals surface area contributed by atoms with Crippen LogP contribution < -0.4 is 4.72 Å². The molecule has 0 amide bonds. The summed E-state index contributed by atoms with van der Waals surface area (Å²) in [6.45, 7) is 6.04. The highest BCUT2D eigenvalue weighted by atomic mass is 32.2. The van der Waals surface area contributed by atoms with Crippen LogP contribution in [0.2, 0.25) is 0 Å². The minimum absolute atomic E-state index is 0.230. The van der Waals surface area contributed by atoms with Crippen molar-refractivity contribution in [1.29, 1.82) is 0 Å². The van der Waals surface area contributed by atoms with Gasteiger partial charge in [0.2, 0.25) is 10.0 Å². The molecular formula is C22H27NO4S. The Bertz CT molecular complexity index is 935. The highest BCUT2D eigenvalue weighted by Crippen LogP contribution is 2.41. The number of ether oxygens (including phenoxy) is 1. The normalized spacial score (nSPS) is 18.9. The molecule has 0 unspecified atom stereocenters. The van der Waals surface area contributed by atoms with Gasteiger partial charge >= 0.3 is 5.97 Å². The number of fused-ring (bicyclic) bond motifs is 1. The largest absolute Gasteiger partial charge is 0.457 e. The van der Waals surface area contributed by atoms with E-state index in [1.165, 1.54) is 0 Å². The Morgan fingerprint density at radius 1 is 1.11 bits per heavy atom. The van der Waals surface area contributed by atoms with Gasteiger partial charge in [-0.2, -0.15) is 0 Å². The predicted molar refractivity (Wildman–Crippen MR) is 108 cm³/mol. The molecule has 2 aromatic rings. The fraction of sp³-hybridized carbons (Fsp3) is 0.409. The van der Waals surface area contributed by atoms with Crippen LogP contribution in [0.1, 0.15) is 61.9 Å². The number of aryl methyl sites for hydroxylation is 1. The van der Waals surface area contributed by atoms with Crippen LogP contribution in [0.3, 0.4) is 0 Å². The fourth-order valence-corrected chi connectivity index (χ4v) is 4.64. The van der Waals surface area contributed by atoms with Crippen LogP contribution in [0.25, 0.3) is 0 Å². The lowest BCUT2D eigenvalue weighted by molar-refractivity contribution is -0.149. The summed E-state index contributed by atoms with van der Waals surface area (Å²) in [4.78, 5) is 12.4. The van der Waals surface area contributed by atoms with Crippen LogP contribution in [0, 0.1) is 12.8 Å². The summed E-state index contributed by atoms with van der Waals surface area (Å²) in [5.74, 6) is 0.188. The second kappa shape index (κ2) is 8.45. The highest BCUT2D eigenvalue weighted by Gasteiger charge is 2.35. The van der Waals surface area contributed by atoms with Crippen molar-refractivity contribution in [3.63, 3.8) is 0 Å². The highest BCUT2D eigenvalue weighted by molar-refractivity contribution is 7.89. The molecule has 1 N–H and O–H groups in total. The maximum Gasteiger partial charge on any atom is 0.306 e. The molecule has 0 saturated carbocycles. The Morgan fingerprint density at radius 3 is 2.39 bits per heavy atom. The maximum atomic E-state index is 12.8. The Kier molecular flexibility index (Phi) is 6.20. The minimum Gasteiger partial charge on any atom is -0.457 e. The van der Waals surface area contributed by atoms with Gasteiger partial charge in [0.05, 0.1) is 10.9 Å². The van der Waals surface area contributed by atoms with Gasteiger partial charge in [-0.3, -0.25) is 4.79 Å². The second-order valence-electron chi connectivity index (χ2n) is 7.76. The number of hydrogen-bond acceptors (Lipinski definition) is 4. The Hall–Kier alpha value is -2.18. The molecule has 2 aromatic carbocycles. The maximum absolute atomic E-state index is 12.8. The van der Waals surface area contributed by atoms with E-state index in [1.807, 2.05) is 31.2 Å². The molecule has 0 saturated heterocycles. The second-order valence-corrected chi connectivity index (χ2v) is 9.48. The lowest BCUT2D eigenvalue weighted by atomic mass is 10.1. The smallest absolute Gasteiger partial charge is 0.306 e. The third-order valence-corrected chi connectivity index (χ3v) is 6.48. The molecule has 1 aliphatic carbocycles. The first-order valence-corrected chi connectivity index (χ1v) is 11.1. The van der Waals surface area contributed by atoms with E-state index in [-0.39, 0.29) is 10.9 Å². The molecule has 0 bridgehead atoms. The van der Waals surface area contributed by atoms with Gasteiger partial charge in [-0.25, -0.2) is 13.1 Å². The van der Waals surface area contributed by atoms with Gasteiger partial charge in [-0.1, -0.05) is 55.8 Å². The van der Waals surface area contributed by atoms with Crippen molar-refractivity contribution >= 4 is 16.0 Å². The van der Waals surface area contributed by atoms with Crippen molar-refractivity contribution in [3.8, 4) is 0 Å². The average Bonchev–Trinajstić information content (AvgIpc) is 2.97. The zero-order chi connectivity index (χ0) is 20.3. The summed E-state index contributed by atoms with van der Waals surface area (Å²) in [7, 11) is -3.67. The zero-order valence-electron chi connectivity index (χ0n) is 16.5. The van der Waals surface area contributed by atoms with E-state index >= 15 is 0 Å². The van der Waals surface area contributed by atoms with Crippen molar-refractivity contribution < 1.29 is 17.9 Å². The molecule has 28 heavy (non-hydrogen) atoms. The lowest BCUT2D eigenvalue weighted by Crippen LogP contribution is -2.27. The standard InChI is InChI=1S/C22H27NO4S/c1-15(2)8-13-22(24)27-21-14-20(18-6-4-5-7-19(18)21)23-28(25,26)17-11-9-16(3)10-12-17/h4-7,9-12,15,20-21,23H,8,13-14H2,1-3H3/t20-,21+/m1/s1. The summed E-state index contributed by atoms with van der Waals surface area (Å²) in [6.07, 6.45) is 1.12. The summed E-state index contributed by atoms with van der Waals surface area (Å²) < 4.78 is 34.1. The molecular weight excluding hydrogens is 374 g/mol. The van der Waals surface area contributed by atoms with E-state index in [2.05, 4.69) is 18.6 Å². The molecule has 2 atom stereocenters. The van der Waals surface area contributed by atoms with Crippen molar-refractivity contribution in [2.75, 3.05) is 0 Å². The molecule has 0 aromatic heterocycles. The van der Waals surface area contributed by atoms with Gasteiger partial charge in [0.25, 0.3) is 0 Å². The van der Waals surface area contributed by atoms with E-state index in [0.717, 1.165) is 23.1 Å². The van der Waals surface area contributed by atoms with E-state index in [0.29, 0.717) is 18.8 Å². The van der Waals surface area contributed by atoms with Crippen LogP contribution in [0.15, 0.2) is 53.4 Å². The number of carbonyl (C=O) groups is 1. The van der Waals surface area contributed by atoms with Crippen molar-refractivity contribution in [1.82, 2.24) is 4.72 Å². The molecule has 0 aliphatic heterocycles. The number of sulfonamides is 1. The summed E-state index contributed by atoms with van der Waals surface area (Å²) in [5.41, 5.74) is 2.73. The number of esters is 1. The fourth-order valence-electron chi connectivity index (χ4n) is 3.41. The predicted octanol–water partition coefficient (Wildman–Crippen LogP) is 4.44. The zero-order valence-corrected chi connectivity index (χ0v) is 17.3. The number of nitrogens with one attached hydrogen (secondary N) is 1. The van der Waals surface area contributed by atoms with Gasteiger partial charge in [0.15, 0.2) is 0 Å². The van der Waals surface area contributed by atoms with Crippen molar-refractivity contribution in [2.24, 2.45) is 5.92 Å². The molecule has 0 spiro atoms. The van der Waals surface area contributed by atoms with E-state index in [4.69, 9.17) is 4.74 Å². The van der Waals surface area contributed by atoms with Gasteiger partial charge in [0.1, 0.15) is 6.10 Å². The first-order valence-electron chi connectivity index (χ1n) is 9.63. The number of benzene rings is 2. The summed E-state index contributed by atoms with van der Waals surface area (Å²) >= 11 is 0. The molecule has 6 heteroatoms. The molecule has 3 rings (SSSR count). The molecule has 0 radical (unpaired) electrons. The third-order valence-electron chi connectivity index (χ3n) is 5.00. The van der Waals surface area contributed by atoms with E-state index in [9.17, 15) is 13.2 Å². The Balaban J connectivity index is 1.76. The minimum atomic E-state index is -3.67. The number of carbonyl (C=O) groups excluding carboxylic acids is 1. The first-order chi connectivity index (χ1) is 13.3. The van der Waals surface area contributed by atoms with Gasteiger partial charge in [-0.15, -0.1) is 0 Å². The van der Waals surface area contributed by atoms with Gasteiger partial charge < -0.3 is 4.74 Å².